The summed E-state index contributed by atoms with van der Waals surface area (Å²) in [6.45, 7) is 5.74. The highest BCUT2D eigenvalue weighted by Crippen LogP contribution is 2.13. The first-order valence-corrected chi connectivity index (χ1v) is 7.23. The highest BCUT2D eigenvalue weighted by Gasteiger charge is 2.14. The molecular weight excluding hydrogens is 270 g/mol. The van der Waals surface area contributed by atoms with Gasteiger partial charge in [0.05, 0.1) is 19.6 Å². The molecule has 0 bridgehead atoms. The molecule has 0 fully saturated rings. The van der Waals surface area contributed by atoms with Crippen molar-refractivity contribution in [2.75, 3.05) is 19.7 Å². The fourth-order valence-electron chi connectivity index (χ4n) is 2.21. The van der Waals surface area contributed by atoms with Gasteiger partial charge in [0.15, 0.2) is 0 Å². The van der Waals surface area contributed by atoms with Crippen molar-refractivity contribution in [2.24, 2.45) is 0 Å². The normalized spacial score (nSPS) is 10.6. The Bertz CT molecular complexity index is 473. The van der Waals surface area contributed by atoms with E-state index in [2.05, 4.69) is 0 Å². The third-order valence-electron chi connectivity index (χ3n) is 3.05. The van der Waals surface area contributed by atoms with E-state index in [0.717, 1.165) is 24.1 Å². The van der Waals surface area contributed by atoms with Crippen LogP contribution in [0.3, 0.4) is 0 Å². The Labute approximate surface area is 125 Å². The van der Waals surface area contributed by atoms with E-state index < -0.39 is 5.97 Å². The number of benzene rings is 1. The van der Waals surface area contributed by atoms with Gasteiger partial charge < -0.3 is 9.84 Å². The third-order valence-corrected chi connectivity index (χ3v) is 3.05. The van der Waals surface area contributed by atoms with Crippen molar-refractivity contribution < 1.29 is 19.4 Å². The number of carbonyl (C=O) groups is 2. The van der Waals surface area contributed by atoms with E-state index in [1.807, 2.05) is 36.1 Å². The van der Waals surface area contributed by atoms with Crippen LogP contribution in [0, 0.1) is 0 Å². The second kappa shape index (κ2) is 9.13. The molecule has 0 aliphatic heterocycles. The lowest BCUT2D eigenvalue weighted by atomic mass is 10.0. The molecule has 0 radical (unpaired) electrons. The minimum atomic E-state index is -0.852. The molecule has 5 nitrogen and oxygen atoms in total. The van der Waals surface area contributed by atoms with Crippen LogP contribution >= 0.6 is 0 Å². The van der Waals surface area contributed by atoms with Gasteiger partial charge in [-0.25, -0.2) is 0 Å². The zero-order valence-corrected chi connectivity index (χ0v) is 12.7. The first-order chi connectivity index (χ1) is 10.1. The van der Waals surface area contributed by atoms with Gasteiger partial charge in [-0.2, -0.15) is 0 Å². The molecule has 116 valence electrons. The monoisotopic (exact) mass is 293 g/mol. The molecule has 0 aromatic heterocycles. The molecule has 0 spiro atoms. The average Bonchev–Trinajstić information content (AvgIpc) is 2.41. The number of carboxylic acids is 1. The smallest absolute Gasteiger partial charge is 0.320 e. The molecule has 1 aromatic rings. The second-order valence-corrected chi connectivity index (χ2v) is 4.85. The van der Waals surface area contributed by atoms with Crippen molar-refractivity contribution >= 4 is 11.9 Å². The third kappa shape index (κ3) is 6.40. The SMILES string of the molecule is CCCN(CC(=O)OCC)Cc1ccccc1CC(=O)O. The summed E-state index contributed by atoms with van der Waals surface area (Å²) in [5, 5.41) is 8.96. The standard InChI is InChI=1S/C16H23NO4/c1-3-9-17(12-16(20)21-4-2)11-14-8-6-5-7-13(14)10-15(18)19/h5-8H,3-4,9-12H2,1-2H3,(H,18,19). The fraction of sp³-hybridized carbons (Fsp3) is 0.500. The van der Waals surface area contributed by atoms with Crippen molar-refractivity contribution in [3.05, 3.63) is 35.4 Å². The zero-order valence-electron chi connectivity index (χ0n) is 12.7. The largest absolute Gasteiger partial charge is 0.481 e. The Hall–Kier alpha value is -1.88. The number of nitrogens with zero attached hydrogens (tertiary/aromatic N) is 1. The molecule has 5 heteroatoms. The van der Waals surface area contributed by atoms with Gasteiger partial charge in [0.1, 0.15) is 0 Å². The van der Waals surface area contributed by atoms with Crippen molar-refractivity contribution in [1.82, 2.24) is 4.90 Å². The lowest BCUT2D eigenvalue weighted by Gasteiger charge is -2.22. The quantitative estimate of drug-likeness (QED) is 0.706. The molecule has 0 aliphatic carbocycles. The molecule has 0 aliphatic rings. The molecule has 1 N–H and O–H groups in total. The van der Waals surface area contributed by atoms with Crippen LogP contribution in [0.15, 0.2) is 24.3 Å². The summed E-state index contributed by atoms with van der Waals surface area (Å²) in [6.07, 6.45) is 0.913. The highest BCUT2D eigenvalue weighted by molar-refractivity contribution is 5.72. The minimum absolute atomic E-state index is 0.00442. The predicted molar refractivity (Wildman–Crippen MR) is 80.0 cm³/mol. The van der Waals surface area contributed by atoms with Crippen LogP contribution in [0.4, 0.5) is 0 Å². The van der Waals surface area contributed by atoms with Crippen LogP contribution in [0.25, 0.3) is 0 Å². The van der Waals surface area contributed by atoms with Gasteiger partial charge in [0.25, 0.3) is 0 Å². The van der Waals surface area contributed by atoms with Crippen LogP contribution in [0.2, 0.25) is 0 Å². The van der Waals surface area contributed by atoms with Crippen molar-refractivity contribution in [3.63, 3.8) is 0 Å². The Morgan fingerprint density at radius 2 is 1.86 bits per heavy atom. The summed E-state index contributed by atoms with van der Waals surface area (Å²) in [4.78, 5) is 24.5. The van der Waals surface area contributed by atoms with Crippen LogP contribution in [0.1, 0.15) is 31.4 Å². The number of carboxylic acid groups (broad SMARTS) is 1. The molecule has 0 atom stereocenters. The number of ether oxygens (including phenoxy) is 1. The van der Waals surface area contributed by atoms with Gasteiger partial charge in [-0.1, -0.05) is 31.2 Å². The van der Waals surface area contributed by atoms with Crippen molar-refractivity contribution in [2.45, 2.75) is 33.2 Å². The Kier molecular flexibility index (Phi) is 7.46. The Morgan fingerprint density at radius 3 is 2.43 bits per heavy atom. The lowest BCUT2D eigenvalue weighted by molar-refractivity contribution is -0.144. The van der Waals surface area contributed by atoms with Crippen LogP contribution in [-0.2, 0) is 27.3 Å². The molecule has 0 amide bonds. The summed E-state index contributed by atoms with van der Waals surface area (Å²) < 4.78 is 4.98. The van der Waals surface area contributed by atoms with E-state index in [1.54, 1.807) is 6.92 Å². The summed E-state index contributed by atoms with van der Waals surface area (Å²) in [6, 6.07) is 7.44. The Balaban J connectivity index is 2.78. The summed E-state index contributed by atoms with van der Waals surface area (Å²) in [7, 11) is 0. The van der Waals surface area contributed by atoms with Crippen molar-refractivity contribution in [3.8, 4) is 0 Å². The number of aliphatic carboxylic acids is 1. The lowest BCUT2D eigenvalue weighted by Crippen LogP contribution is -2.31. The molecule has 1 aromatic carbocycles. The minimum Gasteiger partial charge on any atom is -0.481 e. The number of hydrogen-bond donors (Lipinski definition) is 1. The predicted octanol–water partition coefficient (Wildman–Crippen LogP) is 2.09. The second-order valence-electron chi connectivity index (χ2n) is 4.85. The fourth-order valence-corrected chi connectivity index (χ4v) is 2.21. The summed E-state index contributed by atoms with van der Waals surface area (Å²) in [5.41, 5.74) is 1.73. The molecule has 0 unspecified atom stereocenters. The zero-order chi connectivity index (χ0) is 15.7. The van der Waals surface area contributed by atoms with Gasteiger partial charge in [-0.05, 0) is 31.0 Å². The first-order valence-electron chi connectivity index (χ1n) is 7.23. The maximum atomic E-state index is 11.6. The topological polar surface area (TPSA) is 66.8 Å². The maximum absolute atomic E-state index is 11.6. The van der Waals surface area contributed by atoms with E-state index in [9.17, 15) is 9.59 Å². The number of carbonyl (C=O) groups excluding carboxylic acids is 1. The molecular formula is C16H23NO4. The summed E-state index contributed by atoms with van der Waals surface area (Å²) in [5.74, 6) is -1.10. The van der Waals surface area contributed by atoms with Gasteiger partial charge in [0, 0.05) is 6.54 Å². The van der Waals surface area contributed by atoms with Gasteiger partial charge in [-0.15, -0.1) is 0 Å². The molecule has 0 saturated heterocycles. The van der Waals surface area contributed by atoms with E-state index in [4.69, 9.17) is 9.84 Å². The first kappa shape index (κ1) is 17.2. The van der Waals surface area contributed by atoms with Gasteiger partial charge in [0.2, 0.25) is 0 Å². The van der Waals surface area contributed by atoms with E-state index in [-0.39, 0.29) is 18.9 Å². The number of rotatable bonds is 9. The molecule has 0 heterocycles. The van der Waals surface area contributed by atoms with Crippen LogP contribution in [-0.4, -0.2) is 41.6 Å². The van der Waals surface area contributed by atoms with Gasteiger partial charge in [-0.3, -0.25) is 14.5 Å². The van der Waals surface area contributed by atoms with Gasteiger partial charge >= 0.3 is 11.9 Å². The van der Waals surface area contributed by atoms with E-state index in [0.29, 0.717) is 13.2 Å². The van der Waals surface area contributed by atoms with Crippen LogP contribution < -0.4 is 0 Å². The number of esters is 1. The maximum Gasteiger partial charge on any atom is 0.320 e. The average molecular weight is 293 g/mol. The van der Waals surface area contributed by atoms with Crippen molar-refractivity contribution in [1.29, 1.82) is 0 Å². The number of hydrogen-bond acceptors (Lipinski definition) is 4. The van der Waals surface area contributed by atoms with Crippen LogP contribution in [0.5, 0.6) is 0 Å². The highest BCUT2D eigenvalue weighted by atomic mass is 16.5. The molecule has 1 rings (SSSR count). The Morgan fingerprint density at radius 1 is 1.19 bits per heavy atom. The van der Waals surface area contributed by atoms with E-state index in [1.165, 1.54) is 0 Å². The molecule has 0 saturated carbocycles. The molecule has 21 heavy (non-hydrogen) atoms. The van der Waals surface area contributed by atoms with E-state index >= 15 is 0 Å². The summed E-state index contributed by atoms with van der Waals surface area (Å²) >= 11 is 0.